The van der Waals surface area contributed by atoms with Crippen LogP contribution in [0.25, 0.3) is 10.8 Å². The van der Waals surface area contributed by atoms with Crippen molar-refractivity contribution in [2.45, 2.75) is 26.3 Å². The number of unbranched alkanes of at least 4 members (excludes halogenated alkanes) is 1. The van der Waals surface area contributed by atoms with Crippen LogP contribution in [-0.2, 0) is 6.54 Å². The van der Waals surface area contributed by atoms with Crippen LogP contribution in [0.4, 0.5) is 0 Å². The van der Waals surface area contributed by atoms with Crippen molar-refractivity contribution < 1.29 is 9.53 Å². The first-order chi connectivity index (χ1) is 12.1. The molecule has 25 heavy (non-hydrogen) atoms. The molecular weight excluding hydrogens is 340 g/mol. The fourth-order valence-electron chi connectivity index (χ4n) is 2.50. The molecule has 0 N–H and O–H groups in total. The minimum atomic E-state index is -0.608. The van der Waals surface area contributed by atoms with Gasteiger partial charge in [-0.25, -0.2) is 9.48 Å². The summed E-state index contributed by atoms with van der Waals surface area (Å²) in [6, 6.07) is 13.4. The van der Waals surface area contributed by atoms with Crippen molar-refractivity contribution in [3.05, 3.63) is 69.6 Å². The summed E-state index contributed by atoms with van der Waals surface area (Å²) in [6.45, 7) is 2.49. The molecule has 0 bridgehead atoms. The van der Waals surface area contributed by atoms with Gasteiger partial charge in [-0.05, 0) is 36.8 Å². The highest BCUT2D eigenvalue weighted by Crippen LogP contribution is 2.19. The van der Waals surface area contributed by atoms with E-state index in [1.807, 2.05) is 6.92 Å². The molecule has 0 unspecified atom stereocenters. The average Bonchev–Trinajstić information content (AvgIpc) is 2.63. The minimum absolute atomic E-state index is 0.126. The number of hydrogen-bond donors (Lipinski definition) is 0. The van der Waals surface area contributed by atoms with Crippen molar-refractivity contribution >= 4 is 28.3 Å². The summed E-state index contributed by atoms with van der Waals surface area (Å²) in [4.78, 5) is 25.2. The van der Waals surface area contributed by atoms with Crippen LogP contribution in [0, 0.1) is 0 Å². The number of carbonyl (C=O) groups is 1. The van der Waals surface area contributed by atoms with E-state index >= 15 is 0 Å². The van der Waals surface area contributed by atoms with Crippen molar-refractivity contribution in [1.82, 2.24) is 9.78 Å². The van der Waals surface area contributed by atoms with Crippen molar-refractivity contribution in [3.63, 3.8) is 0 Å². The Morgan fingerprint density at radius 3 is 2.48 bits per heavy atom. The summed E-state index contributed by atoms with van der Waals surface area (Å²) in [6.07, 6.45) is 1.72. The van der Waals surface area contributed by atoms with Crippen molar-refractivity contribution in [1.29, 1.82) is 0 Å². The maximum atomic E-state index is 12.6. The number of fused-ring (bicyclic) bond motifs is 1. The molecule has 0 aliphatic heterocycles. The molecule has 0 aliphatic rings. The normalized spacial score (nSPS) is 10.8. The summed E-state index contributed by atoms with van der Waals surface area (Å²) in [5.41, 5.74) is -0.0756. The lowest BCUT2D eigenvalue weighted by Crippen LogP contribution is -2.27. The van der Waals surface area contributed by atoms with E-state index < -0.39 is 5.97 Å². The lowest BCUT2D eigenvalue weighted by Gasteiger charge is -2.10. The average molecular weight is 357 g/mol. The first-order valence-electron chi connectivity index (χ1n) is 8.07. The molecule has 2 aromatic carbocycles. The lowest BCUT2D eigenvalue weighted by molar-refractivity contribution is 0.0728. The number of ether oxygens (including phenoxy) is 1. The number of carbonyl (C=O) groups excluding carboxylic acids is 1. The van der Waals surface area contributed by atoms with Gasteiger partial charge >= 0.3 is 5.97 Å². The molecule has 6 heteroatoms. The number of esters is 1. The second-order valence-electron chi connectivity index (χ2n) is 5.62. The van der Waals surface area contributed by atoms with Gasteiger partial charge in [-0.2, -0.15) is 5.10 Å². The third-order valence-corrected chi connectivity index (χ3v) is 4.06. The number of halogens is 1. The minimum Gasteiger partial charge on any atom is -0.422 e. The molecule has 1 aromatic heterocycles. The van der Waals surface area contributed by atoms with Crippen LogP contribution in [0.1, 0.15) is 30.3 Å². The zero-order valence-electron chi connectivity index (χ0n) is 13.7. The largest absolute Gasteiger partial charge is 0.422 e. The Morgan fingerprint density at radius 1 is 1.12 bits per heavy atom. The van der Waals surface area contributed by atoms with Gasteiger partial charge in [-0.15, -0.1) is 0 Å². The fraction of sp³-hybridized carbons (Fsp3) is 0.211. The van der Waals surface area contributed by atoms with Gasteiger partial charge in [0.1, 0.15) is 5.75 Å². The predicted molar refractivity (Wildman–Crippen MR) is 97.3 cm³/mol. The molecule has 0 saturated carbocycles. The lowest BCUT2D eigenvalue weighted by atomic mass is 10.1. The van der Waals surface area contributed by atoms with E-state index in [1.54, 1.807) is 48.5 Å². The molecule has 5 nitrogen and oxygen atoms in total. The summed E-state index contributed by atoms with van der Waals surface area (Å²) in [5.74, 6) is -0.240. The van der Waals surface area contributed by atoms with Crippen LogP contribution < -0.4 is 10.3 Å². The number of aromatic nitrogens is 2. The van der Waals surface area contributed by atoms with Crippen LogP contribution >= 0.6 is 11.6 Å². The zero-order chi connectivity index (χ0) is 17.8. The van der Waals surface area contributed by atoms with E-state index in [4.69, 9.17) is 16.3 Å². The molecule has 0 fully saturated rings. The third kappa shape index (κ3) is 3.72. The molecule has 0 radical (unpaired) electrons. The number of hydrogen-bond acceptors (Lipinski definition) is 4. The van der Waals surface area contributed by atoms with E-state index in [2.05, 4.69) is 5.10 Å². The Balaban J connectivity index is 2.04. The Hall–Kier alpha value is -2.66. The highest BCUT2D eigenvalue weighted by atomic mass is 35.5. The molecule has 3 rings (SSSR count). The molecule has 0 spiro atoms. The molecule has 0 amide bonds. The molecular formula is C19H17ClN2O3. The topological polar surface area (TPSA) is 61.2 Å². The van der Waals surface area contributed by atoms with Crippen LogP contribution in [0.5, 0.6) is 5.75 Å². The van der Waals surface area contributed by atoms with Crippen LogP contribution in [-0.4, -0.2) is 15.7 Å². The standard InChI is InChI=1S/C19H17ClN2O3/c1-2-3-12-22-18(23)16-7-5-4-6-15(16)17(21-22)19(24)25-14-10-8-13(20)9-11-14/h4-11H,2-3,12H2,1H3. The molecule has 1 heterocycles. The number of nitrogens with zero attached hydrogens (tertiary/aromatic N) is 2. The second-order valence-corrected chi connectivity index (χ2v) is 6.06. The van der Waals surface area contributed by atoms with E-state index in [1.165, 1.54) is 4.68 Å². The zero-order valence-corrected chi connectivity index (χ0v) is 14.5. The smallest absolute Gasteiger partial charge is 0.364 e. The maximum Gasteiger partial charge on any atom is 0.364 e. The quantitative estimate of drug-likeness (QED) is 0.510. The molecule has 0 saturated heterocycles. The van der Waals surface area contributed by atoms with Crippen molar-refractivity contribution in [2.75, 3.05) is 0 Å². The van der Waals surface area contributed by atoms with Crippen LogP contribution in [0.2, 0.25) is 5.02 Å². The van der Waals surface area contributed by atoms with Gasteiger partial charge in [-0.1, -0.05) is 43.1 Å². The summed E-state index contributed by atoms with van der Waals surface area (Å²) < 4.78 is 6.73. The number of aryl methyl sites for hydroxylation is 1. The third-order valence-electron chi connectivity index (χ3n) is 3.81. The van der Waals surface area contributed by atoms with E-state index in [9.17, 15) is 9.59 Å². The number of benzene rings is 2. The number of rotatable bonds is 5. The van der Waals surface area contributed by atoms with Crippen molar-refractivity contribution in [2.24, 2.45) is 0 Å². The van der Waals surface area contributed by atoms with Crippen LogP contribution in [0.15, 0.2) is 53.3 Å². The van der Waals surface area contributed by atoms with Gasteiger partial charge in [0, 0.05) is 17.0 Å². The SMILES string of the molecule is CCCCn1nc(C(=O)Oc2ccc(Cl)cc2)c2ccccc2c1=O. The Bertz CT molecular complexity index is 965. The van der Waals surface area contributed by atoms with Crippen molar-refractivity contribution in [3.8, 4) is 5.75 Å². The molecule has 0 atom stereocenters. The second kappa shape index (κ2) is 7.49. The maximum absolute atomic E-state index is 12.6. The molecule has 128 valence electrons. The Labute approximate surface area is 149 Å². The van der Waals surface area contributed by atoms with Gasteiger partial charge in [0.25, 0.3) is 5.56 Å². The summed E-state index contributed by atoms with van der Waals surface area (Å²) in [7, 11) is 0. The van der Waals surface area contributed by atoms with Gasteiger partial charge in [0.2, 0.25) is 0 Å². The fourth-order valence-corrected chi connectivity index (χ4v) is 2.63. The first kappa shape index (κ1) is 17.2. The van der Waals surface area contributed by atoms with E-state index in [-0.39, 0.29) is 11.3 Å². The summed E-state index contributed by atoms with van der Waals surface area (Å²) >= 11 is 5.84. The van der Waals surface area contributed by atoms with Crippen LogP contribution in [0.3, 0.4) is 0 Å². The van der Waals surface area contributed by atoms with Gasteiger partial charge < -0.3 is 4.74 Å². The van der Waals surface area contributed by atoms with Gasteiger partial charge in [0.05, 0.1) is 5.39 Å². The van der Waals surface area contributed by atoms with Gasteiger partial charge in [0.15, 0.2) is 5.69 Å². The molecule has 0 aliphatic carbocycles. The monoisotopic (exact) mass is 356 g/mol. The Kier molecular flexibility index (Phi) is 5.14. The highest BCUT2D eigenvalue weighted by molar-refractivity contribution is 6.30. The molecule has 3 aromatic rings. The highest BCUT2D eigenvalue weighted by Gasteiger charge is 2.18. The summed E-state index contributed by atoms with van der Waals surface area (Å²) in [5, 5.41) is 5.75. The predicted octanol–water partition coefficient (Wildman–Crippen LogP) is 4.07. The van der Waals surface area contributed by atoms with Gasteiger partial charge in [-0.3, -0.25) is 4.79 Å². The van der Waals surface area contributed by atoms with E-state index in [0.717, 1.165) is 12.8 Å². The van der Waals surface area contributed by atoms with E-state index in [0.29, 0.717) is 28.1 Å². The Morgan fingerprint density at radius 2 is 1.80 bits per heavy atom. The first-order valence-corrected chi connectivity index (χ1v) is 8.45.